The predicted molar refractivity (Wildman–Crippen MR) is 114 cm³/mol. The molecule has 4 rings (SSSR count). The number of aryl methyl sites for hydroxylation is 1. The SMILES string of the molecule is CCOC(=O)c1cnc2c(C)cccc2c1N1CCN(Cc2ccccn2)CC1. The topological polar surface area (TPSA) is 58.6 Å². The summed E-state index contributed by atoms with van der Waals surface area (Å²) in [6.45, 7) is 8.57. The third-order valence-electron chi connectivity index (χ3n) is 5.37. The van der Waals surface area contributed by atoms with E-state index >= 15 is 0 Å². The number of pyridine rings is 2. The zero-order valence-corrected chi connectivity index (χ0v) is 17.0. The van der Waals surface area contributed by atoms with Crippen LogP contribution in [0.1, 0.15) is 28.5 Å². The summed E-state index contributed by atoms with van der Waals surface area (Å²) in [7, 11) is 0. The van der Waals surface area contributed by atoms with Crippen LogP contribution in [-0.4, -0.2) is 53.6 Å². The third kappa shape index (κ3) is 4.07. The van der Waals surface area contributed by atoms with Crippen LogP contribution in [0, 0.1) is 6.92 Å². The van der Waals surface area contributed by atoms with E-state index in [1.54, 1.807) is 6.20 Å². The molecule has 0 N–H and O–H groups in total. The second kappa shape index (κ2) is 8.57. The molecule has 1 aromatic carbocycles. The fourth-order valence-corrected chi connectivity index (χ4v) is 3.91. The molecule has 1 fully saturated rings. The van der Waals surface area contributed by atoms with E-state index < -0.39 is 0 Å². The number of aromatic nitrogens is 2. The zero-order chi connectivity index (χ0) is 20.2. The monoisotopic (exact) mass is 390 g/mol. The van der Waals surface area contributed by atoms with Gasteiger partial charge in [-0.3, -0.25) is 14.9 Å². The molecule has 29 heavy (non-hydrogen) atoms. The number of para-hydroxylation sites is 1. The molecule has 3 aromatic rings. The fraction of sp³-hybridized carbons (Fsp3) is 0.348. The largest absolute Gasteiger partial charge is 0.462 e. The number of ether oxygens (including phenoxy) is 1. The van der Waals surface area contributed by atoms with Gasteiger partial charge in [-0.15, -0.1) is 0 Å². The Labute approximate surface area is 171 Å². The number of esters is 1. The van der Waals surface area contributed by atoms with E-state index in [4.69, 9.17) is 4.74 Å². The summed E-state index contributed by atoms with van der Waals surface area (Å²) in [5.74, 6) is -0.311. The van der Waals surface area contributed by atoms with Crippen molar-refractivity contribution in [3.63, 3.8) is 0 Å². The molecule has 0 bridgehead atoms. The van der Waals surface area contributed by atoms with Crippen LogP contribution >= 0.6 is 0 Å². The number of benzene rings is 1. The van der Waals surface area contributed by atoms with Gasteiger partial charge in [0.2, 0.25) is 0 Å². The van der Waals surface area contributed by atoms with Crippen LogP contribution in [-0.2, 0) is 11.3 Å². The summed E-state index contributed by atoms with van der Waals surface area (Å²) >= 11 is 0. The molecular weight excluding hydrogens is 364 g/mol. The number of fused-ring (bicyclic) bond motifs is 1. The van der Waals surface area contributed by atoms with Crippen molar-refractivity contribution in [1.29, 1.82) is 0 Å². The highest BCUT2D eigenvalue weighted by atomic mass is 16.5. The van der Waals surface area contributed by atoms with Gasteiger partial charge in [0.1, 0.15) is 5.56 Å². The summed E-state index contributed by atoms with van der Waals surface area (Å²) in [6.07, 6.45) is 3.51. The first-order chi connectivity index (χ1) is 14.2. The van der Waals surface area contributed by atoms with Gasteiger partial charge in [0.15, 0.2) is 0 Å². The Morgan fingerprint density at radius 2 is 1.90 bits per heavy atom. The van der Waals surface area contributed by atoms with Crippen LogP contribution in [0.3, 0.4) is 0 Å². The van der Waals surface area contributed by atoms with Crippen LogP contribution < -0.4 is 4.90 Å². The van der Waals surface area contributed by atoms with Crippen molar-refractivity contribution in [3.05, 3.63) is 65.6 Å². The summed E-state index contributed by atoms with van der Waals surface area (Å²) in [4.78, 5) is 26.3. The van der Waals surface area contributed by atoms with Crippen LogP contribution in [0.5, 0.6) is 0 Å². The van der Waals surface area contributed by atoms with Crippen molar-refractivity contribution in [2.45, 2.75) is 20.4 Å². The van der Waals surface area contributed by atoms with E-state index in [0.29, 0.717) is 12.2 Å². The van der Waals surface area contributed by atoms with Crippen molar-refractivity contribution in [2.24, 2.45) is 0 Å². The van der Waals surface area contributed by atoms with Crippen LogP contribution in [0.25, 0.3) is 10.9 Å². The Balaban J connectivity index is 1.62. The Bertz CT molecular complexity index is 998. The lowest BCUT2D eigenvalue weighted by Crippen LogP contribution is -2.46. The number of hydrogen-bond acceptors (Lipinski definition) is 6. The molecule has 0 saturated carbocycles. The number of anilines is 1. The predicted octanol–water partition coefficient (Wildman–Crippen LogP) is 3.44. The van der Waals surface area contributed by atoms with E-state index in [0.717, 1.165) is 60.6 Å². The maximum absolute atomic E-state index is 12.6. The van der Waals surface area contributed by atoms with Crippen LogP contribution in [0.4, 0.5) is 5.69 Å². The van der Waals surface area contributed by atoms with E-state index in [1.165, 1.54) is 0 Å². The molecule has 0 radical (unpaired) electrons. The van der Waals surface area contributed by atoms with Gasteiger partial charge in [0, 0.05) is 50.5 Å². The molecule has 0 spiro atoms. The second-order valence-electron chi connectivity index (χ2n) is 7.30. The summed E-state index contributed by atoms with van der Waals surface area (Å²) < 4.78 is 5.31. The Morgan fingerprint density at radius 1 is 1.07 bits per heavy atom. The Kier molecular flexibility index (Phi) is 5.71. The molecule has 0 unspecified atom stereocenters. The summed E-state index contributed by atoms with van der Waals surface area (Å²) in [5.41, 5.74) is 4.61. The Morgan fingerprint density at radius 3 is 2.62 bits per heavy atom. The van der Waals surface area contributed by atoms with Crippen molar-refractivity contribution >= 4 is 22.6 Å². The lowest BCUT2D eigenvalue weighted by molar-refractivity contribution is 0.0526. The average Bonchev–Trinajstić information content (AvgIpc) is 2.75. The van der Waals surface area contributed by atoms with Crippen LogP contribution in [0.15, 0.2) is 48.8 Å². The van der Waals surface area contributed by atoms with Crippen molar-refractivity contribution in [3.8, 4) is 0 Å². The van der Waals surface area contributed by atoms with E-state index in [2.05, 4.69) is 25.8 Å². The molecule has 2 aromatic heterocycles. The normalized spacial score (nSPS) is 14.9. The molecule has 1 saturated heterocycles. The van der Waals surface area contributed by atoms with E-state index in [9.17, 15) is 4.79 Å². The van der Waals surface area contributed by atoms with Gasteiger partial charge in [-0.1, -0.05) is 24.3 Å². The standard InChI is InChI=1S/C23H26N4O2/c1-3-29-23(28)20-15-25-21-17(2)7-6-9-19(21)22(20)27-13-11-26(12-14-27)16-18-8-4-5-10-24-18/h4-10,15H,3,11-14,16H2,1-2H3. The molecule has 1 aliphatic heterocycles. The maximum atomic E-state index is 12.6. The first-order valence-electron chi connectivity index (χ1n) is 10.1. The van der Waals surface area contributed by atoms with Gasteiger partial charge in [-0.2, -0.15) is 0 Å². The molecule has 0 amide bonds. The molecule has 0 aliphatic carbocycles. The quantitative estimate of drug-likeness (QED) is 0.622. The molecular formula is C23H26N4O2. The fourth-order valence-electron chi connectivity index (χ4n) is 3.91. The van der Waals surface area contributed by atoms with Gasteiger partial charge < -0.3 is 9.64 Å². The first kappa shape index (κ1) is 19.3. The van der Waals surface area contributed by atoms with Gasteiger partial charge in [-0.25, -0.2) is 4.79 Å². The van der Waals surface area contributed by atoms with E-state index in [1.807, 2.05) is 50.4 Å². The van der Waals surface area contributed by atoms with Crippen molar-refractivity contribution in [2.75, 3.05) is 37.7 Å². The molecule has 150 valence electrons. The molecule has 0 atom stereocenters. The van der Waals surface area contributed by atoms with Gasteiger partial charge in [0.25, 0.3) is 0 Å². The minimum atomic E-state index is -0.311. The smallest absolute Gasteiger partial charge is 0.341 e. The van der Waals surface area contributed by atoms with Crippen LogP contribution in [0.2, 0.25) is 0 Å². The maximum Gasteiger partial charge on any atom is 0.341 e. The van der Waals surface area contributed by atoms with Gasteiger partial charge >= 0.3 is 5.97 Å². The zero-order valence-electron chi connectivity index (χ0n) is 17.0. The number of piperazine rings is 1. The number of nitrogens with zero attached hydrogens (tertiary/aromatic N) is 4. The first-order valence-corrected chi connectivity index (χ1v) is 10.1. The minimum Gasteiger partial charge on any atom is -0.462 e. The highest BCUT2D eigenvalue weighted by molar-refractivity contribution is 6.05. The molecule has 3 heterocycles. The lowest BCUT2D eigenvalue weighted by atomic mass is 10.0. The minimum absolute atomic E-state index is 0.311. The van der Waals surface area contributed by atoms with Gasteiger partial charge in [-0.05, 0) is 31.5 Å². The third-order valence-corrected chi connectivity index (χ3v) is 5.37. The average molecular weight is 390 g/mol. The molecule has 6 heteroatoms. The van der Waals surface area contributed by atoms with Gasteiger partial charge in [0.05, 0.1) is 23.5 Å². The van der Waals surface area contributed by atoms with Crippen molar-refractivity contribution < 1.29 is 9.53 Å². The van der Waals surface area contributed by atoms with E-state index in [-0.39, 0.29) is 5.97 Å². The number of carbonyl (C=O) groups is 1. The van der Waals surface area contributed by atoms with Crippen molar-refractivity contribution in [1.82, 2.24) is 14.9 Å². The molecule has 1 aliphatic rings. The Hall–Kier alpha value is -2.99. The number of carbonyl (C=O) groups excluding carboxylic acids is 1. The summed E-state index contributed by atoms with van der Waals surface area (Å²) in [6, 6.07) is 12.1. The summed E-state index contributed by atoms with van der Waals surface area (Å²) in [5, 5.41) is 1.01. The second-order valence-corrected chi connectivity index (χ2v) is 7.30. The number of rotatable bonds is 5. The number of hydrogen-bond donors (Lipinski definition) is 0. The highest BCUT2D eigenvalue weighted by Crippen LogP contribution is 2.32. The lowest BCUT2D eigenvalue weighted by Gasteiger charge is -2.37. The highest BCUT2D eigenvalue weighted by Gasteiger charge is 2.25. The molecule has 6 nitrogen and oxygen atoms in total.